The molecular formula is C14H21NO. The number of hydrogen-bond acceptors (Lipinski definition) is 2. The fourth-order valence-electron chi connectivity index (χ4n) is 2.72. The van der Waals surface area contributed by atoms with Crippen LogP contribution in [0.2, 0.25) is 0 Å². The van der Waals surface area contributed by atoms with Crippen molar-refractivity contribution in [3.8, 4) is 0 Å². The molecule has 0 aliphatic carbocycles. The standard InChI is InChI=1S/C14H21NO/c1-11-5-4-6-13(9-11)15-8-7-12(10-16)14(15,2)3/h4-6,9,12,16H,7-8,10H2,1-3H3. The van der Waals surface area contributed by atoms with Crippen LogP contribution in [0.15, 0.2) is 24.3 Å². The molecule has 0 aromatic heterocycles. The number of aliphatic hydroxyl groups is 1. The van der Waals surface area contributed by atoms with E-state index in [9.17, 15) is 5.11 Å². The van der Waals surface area contributed by atoms with Crippen molar-refractivity contribution in [2.45, 2.75) is 32.7 Å². The first kappa shape index (κ1) is 11.5. The lowest BCUT2D eigenvalue weighted by Gasteiger charge is -2.37. The Morgan fingerprint density at radius 2 is 2.19 bits per heavy atom. The van der Waals surface area contributed by atoms with Gasteiger partial charge in [-0.3, -0.25) is 0 Å². The van der Waals surface area contributed by atoms with E-state index in [1.54, 1.807) is 0 Å². The van der Waals surface area contributed by atoms with Gasteiger partial charge in [0.1, 0.15) is 0 Å². The number of rotatable bonds is 2. The Bertz CT molecular complexity index is 373. The molecule has 1 N–H and O–H groups in total. The van der Waals surface area contributed by atoms with Crippen LogP contribution in [0.3, 0.4) is 0 Å². The predicted molar refractivity (Wildman–Crippen MR) is 67.8 cm³/mol. The van der Waals surface area contributed by atoms with Crippen LogP contribution in [0.5, 0.6) is 0 Å². The molecule has 0 amide bonds. The van der Waals surface area contributed by atoms with Crippen LogP contribution in [0.1, 0.15) is 25.8 Å². The number of nitrogens with zero attached hydrogens (tertiary/aromatic N) is 1. The van der Waals surface area contributed by atoms with Crippen molar-refractivity contribution in [1.29, 1.82) is 0 Å². The van der Waals surface area contributed by atoms with Gasteiger partial charge < -0.3 is 10.0 Å². The van der Waals surface area contributed by atoms with E-state index in [1.807, 2.05) is 0 Å². The van der Waals surface area contributed by atoms with Crippen molar-refractivity contribution in [3.05, 3.63) is 29.8 Å². The van der Waals surface area contributed by atoms with Gasteiger partial charge in [0.2, 0.25) is 0 Å². The van der Waals surface area contributed by atoms with E-state index in [0.717, 1.165) is 13.0 Å². The third kappa shape index (κ3) is 1.82. The first-order valence-corrected chi connectivity index (χ1v) is 6.01. The minimum atomic E-state index is 0.0581. The van der Waals surface area contributed by atoms with Crippen LogP contribution in [-0.4, -0.2) is 23.8 Å². The summed E-state index contributed by atoms with van der Waals surface area (Å²) in [7, 11) is 0. The number of anilines is 1. The Labute approximate surface area is 97.9 Å². The zero-order chi connectivity index (χ0) is 11.8. The summed E-state index contributed by atoms with van der Waals surface area (Å²) in [5.41, 5.74) is 2.63. The summed E-state index contributed by atoms with van der Waals surface area (Å²) in [6, 6.07) is 8.61. The van der Waals surface area contributed by atoms with E-state index in [4.69, 9.17) is 0 Å². The summed E-state index contributed by atoms with van der Waals surface area (Å²) in [5, 5.41) is 9.39. The highest BCUT2D eigenvalue weighted by Crippen LogP contribution is 2.37. The second kappa shape index (κ2) is 4.10. The minimum Gasteiger partial charge on any atom is -0.396 e. The van der Waals surface area contributed by atoms with E-state index < -0.39 is 0 Å². The van der Waals surface area contributed by atoms with E-state index in [2.05, 4.69) is 49.9 Å². The second-order valence-electron chi connectivity index (χ2n) is 5.31. The first-order valence-electron chi connectivity index (χ1n) is 6.01. The molecule has 1 unspecified atom stereocenters. The Morgan fingerprint density at radius 3 is 2.75 bits per heavy atom. The summed E-state index contributed by atoms with van der Waals surface area (Å²) in [6.45, 7) is 7.90. The van der Waals surface area contributed by atoms with Gasteiger partial charge in [-0.2, -0.15) is 0 Å². The largest absolute Gasteiger partial charge is 0.396 e. The summed E-state index contributed by atoms with van der Waals surface area (Å²) < 4.78 is 0. The number of benzene rings is 1. The third-order valence-electron chi connectivity index (χ3n) is 3.93. The van der Waals surface area contributed by atoms with Gasteiger partial charge in [-0.15, -0.1) is 0 Å². The van der Waals surface area contributed by atoms with Gasteiger partial charge in [0, 0.05) is 30.3 Å². The molecule has 1 heterocycles. The Balaban J connectivity index is 2.29. The zero-order valence-electron chi connectivity index (χ0n) is 10.4. The van der Waals surface area contributed by atoms with Crippen LogP contribution >= 0.6 is 0 Å². The van der Waals surface area contributed by atoms with Gasteiger partial charge in [0.25, 0.3) is 0 Å². The smallest absolute Gasteiger partial charge is 0.0482 e. The van der Waals surface area contributed by atoms with Gasteiger partial charge in [0.15, 0.2) is 0 Å². The highest BCUT2D eigenvalue weighted by atomic mass is 16.3. The monoisotopic (exact) mass is 219 g/mol. The van der Waals surface area contributed by atoms with Crippen molar-refractivity contribution in [1.82, 2.24) is 0 Å². The number of aliphatic hydroxyl groups excluding tert-OH is 1. The van der Waals surface area contributed by atoms with Crippen molar-refractivity contribution >= 4 is 5.69 Å². The van der Waals surface area contributed by atoms with E-state index in [-0.39, 0.29) is 12.1 Å². The maximum atomic E-state index is 9.39. The van der Waals surface area contributed by atoms with Gasteiger partial charge >= 0.3 is 0 Å². The summed E-state index contributed by atoms with van der Waals surface area (Å²) in [6.07, 6.45) is 1.08. The normalized spacial score (nSPS) is 23.8. The SMILES string of the molecule is Cc1cccc(N2CCC(CO)C2(C)C)c1. The molecule has 0 saturated carbocycles. The zero-order valence-corrected chi connectivity index (χ0v) is 10.4. The summed E-state index contributed by atoms with van der Waals surface area (Å²) in [5.74, 6) is 0.382. The molecular weight excluding hydrogens is 198 g/mol. The lowest BCUT2D eigenvalue weighted by atomic mass is 9.89. The molecule has 0 bridgehead atoms. The van der Waals surface area contributed by atoms with Crippen LogP contribution < -0.4 is 4.90 Å². The quantitative estimate of drug-likeness (QED) is 0.826. The average molecular weight is 219 g/mol. The van der Waals surface area contributed by atoms with Gasteiger partial charge in [0.05, 0.1) is 0 Å². The van der Waals surface area contributed by atoms with Crippen LogP contribution in [-0.2, 0) is 0 Å². The first-order chi connectivity index (χ1) is 7.55. The molecule has 1 fully saturated rings. The van der Waals surface area contributed by atoms with E-state index >= 15 is 0 Å². The molecule has 16 heavy (non-hydrogen) atoms. The molecule has 2 rings (SSSR count). The highest BCUT2D eigenvalue weighted by molar-refractivity contribution is 5.52. The van der Waals surface area contributed by atoms with Crippen molar-refractivity contribution in [2.24, 2.45) is 5.92 Å². The van der Waals surface area contributed by atoms with E-state index in [1.165, 1.54) is 11.3 Å². The second-order valence-corrected chi connectivity index (χ2v) is 5.31. The fraction of sp³-hybridized carbons (Fsp3) is 0.571. The van der Waals surface area contributed by atoms with Crippen molar-refractivity contribution in [2.75, 3.05) is 18.1 Å². The summed E-state index contributed by atoms with van der Waals surface area (Å²) in [4.78, 5) is 2.42. The maximum Gasteiger partial charge on any atom is 0.0482 e. The average Bonchev–Trinajstić information content (AvgIpc) is 2.53. The van der Waals surface area contributed by atoms with Crippen molar-refractivity contribution in [3.63, 3.8) is 0 Å². The minimum absolute atomic E-state index is 0.0581. The Morgan fingerprint density at radius 1 is 1.44 bits per heavy atom. The molecule has 1 aromatic carbocycles. The number of hydrogen-bond donors (Lipinski definition) is 1. The van der Waals surface area contributed by atoms with E-state index in [0.29, 0.717) is 5.92 Å². The molecule has 0 radical (unpaired) electrons. The fourth-order valence-corrected chi connectivity index (χ4v) is 2.72. The lowest BCUT2D eigenvalue weighted by molar-refractivity contribution is 0.189. The maximum absolute atomic E-state index is 9.39. The van der Waals surface area contributed by atoms with Crippen LogP contribution in [0.4, 0.5) is 5.69 Å². The molecule has 1 saturated heterocycles. The molecule has 2 heteroatoms. The topological polar surface area (TPSA) is 23.5 Å². The van der Waals surface area contributed by atoms with Crippen LogP contribution in [0, 0.1) is 12.8 Å². The van der Waals surface area contributed by atoms with Gasteiger partial charge in [-0.1, -0.05) is 12.1 Å². The summed E-state index contributed by atoms with van der Waals surface area (Å²) >= 11 is 0. The molecule has 1 aromatic rings. The molecule has 1 atom stereocenters. The molecule has 1 aliphatic heterocycles. The third-order valence-corrected chi connectivity index (χ3v) is 3.93. The highest BCUT2D eigenvalue weighted by Gasteiger charge is 2.40. The van der Waals surface area contributed by atoms with Crippen LogP contribution in [0.25, 0.3) is 0 Å². The molecule has 88 valence electrons. The predicted octanol–water partition coefficient (Wildman–Crippen LogP) is 2.59. The Kier molecular flexibility index (Phi) is 2.94. The molecule has 0 spiro atoms. The van der Waals surface area contributed by atoms with Gasteiger partial charge in [-0.25, -0.2) is 0 Å². The Hall–Kier alpha value is -1.02. The number of aryl methyl sites for hydroxylation is 1. The van der Waals surface area contributed by atoms with Crippen molar-refractivity contribution < 1.29 is 5.11 Å². The lowest BCUT2D eigenvalue weighted by Crippen LogP contribution is -2.43. The van der Waals surface area contributed by atoms with Gasteiger partial charge in [-0.05, 0) is 44.9 Å². The molecule has 1 aliphatic rings. The molecule has 2 nitrogen and oxygen atoms in total.